The van der Waals surface area contributed by atoms with Crippen molar-refractivity contribution in [3.05, 3.63) is 30.1 Å². The quantitative estimate of drug-likeness (QED) is 0.634. The van der Waals surface area contributed by atoms with Crippen molar-refractivity contribution in [2.24, 2.45) is 0 Å². The van der Waals surface area contributed by atoms with E-state index in [1.54, 1.807) is 12.1 Å². The molecule has 0 spiro atoms. The van der Waals surface area contributed by atoms with Crippen LogP contribution < -0.4 is 4.74 Å². The molecule has 0 aliphatic heterocycles. The molecule has 0 aromatic heterocycles. The molecule has 1 aromatic carbocycles. The summed E-state index contributed by atoms with van der Waals surface area (Å²) < 4.78 is 18.2. The van der Waals surface area contributed by atoms with Crippen molar-refractivity contribution in [3.63, 3.8) is 0 Å². The van der Waals surface area contributed by atoms with Crippen LogP contribution in [0.1, 0.15) is 26.2 Å². The molecular weight excluding hydrogens is 167 g/mol. The smallest absolute Gasteiger partial charge is 0.172 e. The first-order valence-electron chi connectivity index (χ1n) is 4.63. The highest BCUT2D eigenvalue weighted by molar-refractivity contribution is 5.22. The minimum Gasteiger partial charge on any atom is -0.490 e. The van der Waals surface area contributed by atoms with E-state index in [1.165, 1.54) is 6.07 Å². The van der Waals surface area contributed by atoms with E-state index >= 15 is 0 Å². The van der Waals surface area contributed by atoms with Crippen LogP contribution >= 0.6 is 0 Å². The summed E-state index contributed by atoms with van der Waals surface area (Å²) in [5.41, 5.74) is 0. The molecule has 1 radical (unpaired) electrons. The van der Waals surface area contributed by atoms with Crippen molar-refractivity contribution in [1.82, 2.24) is 0 Å². The molecule has 0 atom stereocenters. The van der Waals surface area contributed by atoms with E-state index in [0.29, 0.717) is 12.4 Å². The standard InChI is InChI=1S/C11H14FO/c1-2-3-6-9-13-11-8-5-4-7-10(11)12/h4-5,8H,2-3,6,9H2,1H3. The molecule has 0 heterocycles. The molecule has 0 amide bonds. The van der Waals surface area contributed by atoms with Crippen LogP contribution in [0.4, 0.5) is 4.39 Å². The summed E-state index contributed by atoms with van der Waals surface area (Å²) in [6, 6.07) is 7.33. The lowest BCUT2D eigenvalue weighted by atomic mass is 10.3. The molecular formula is C11H14FO. The maximum absolute atomic E-state index is 12.9. The van der Waals surface area contributed by atoms with Crippen molar-refractivity contribution < 1.29 is 9.13 Å². The highest BCUT2D eigenvalue weighted by Gasteiger charge is 2.00. The van der Waals surface area contributed by atoms with Crippen molar-refractivity contribution in [3.8, 4) is 5.75 Å². The second kappa shape index (κ2) is 5.57. The minimum atomic E-state index is -0.404. The maximum atomic E-state index is 12.9. The van der Waals surface area contributed by atoms with Crippen molar-refractivity contribution in [1.29, 1.82) is 0 Å². The van der Waals surface area contributed by atoms with Gasteiger partial charge in [-0.1, -0.05) is 31.9 Å². The first kappa shape index (κ1) is 10.0. The summed E-state index contributed by atoms with van der Waals surface area (Å²) in [6.45, 7) is 2.71. The van der Waals surface area contributed by atoms with Gasteiger partial charge < -0.3 is 4.74 Å². The number of unbranched alkanes of at least 4 members (excludes halogenated alkanes) is 2. The zero-order valence-electron chi connectivity index (χ0n) is 7.85. The first-order chi connectivity index (χ1) is 6.34. The third-order valence-electron chi connectivity index (χ3n) is 1.78. The fourth-order valence-corrected chi connectivity index (χ4v) is 1.05. The topological polar surface area (TPSA) is 9.23 Å². The Hall–Kier alpha value is -1.05. The molecule has 0 saturated carbocycles. The summed E-state index contributed by atoms with van der Waals surface area (Å²) in [7, 11) is 0. The van der Waals surface area contributed by atoms with Crippen LogP contribution in [0.5, 0.6) is 5.75 Å². The van der Waals surface area contributed by atoms with Crippen LogP contribution in [-0.4, -0.2) is 6.61 Å². The highest BCUT2D eigenvalue weighted by Crippen LogP contribution is 2.15. The van der Waals surface area contributed by atoms with E-state index < -0.39 is 5.82 Å². The fraction of sp³-hybridized carbons (Fsp3) is 0.455. The first-order valence-corrected chi connectivity index (χ1v) is 4.63. The van der Waals surface area contributed by atoms with Gasteiger partial charge in [-0.2, -0.15) is 0 Å². The molecule has 0 fully saturated rings. The van der Waals surface area contributed by atoms with E-state index in [0.717, 1.165) is 19.3 Å². The van der Waals surface area contributed by atoms with Crippen LogP contribution in [0.15, 0.2) is 18.2 Å². The number of rotatable bonds is 5. The summed E-state index contributed by atoms with van der Waals surface area (Å²) in [5, 5.41) is 0. The molecule has 13 heavy (non-hydrogen) atoms. The van der Waals surface area contributed by atoms with Crippen molar-refractivity contribution in [2.75, 3.05) is 6.61 Å². The van der Waals surface area contributed by atoms with Gasteiger partial charge in [0.25, 0.3) is 0 Å². The average Bonchev–Trinajstić information content (AvgIpc) is 2.15. The lowest BCUT2D eigenvalue weighted by molar-refractivity contribution is 0.291. The minimum absolute atomic E-state index is 0.304. The Labute approximate surface area is 78.5 Å². The zero-order chi connectivity index (χ0) is 9.52. The third-order valence-corrected chi connectivity index (χ3v) is 1.78. The molecule has 71 valence electrons. The normalized spacial score (nSPS) is 10.0. The van der Waals surface area contributed by atoms with E-state index in [-0.39, 0.29) is 0 Å². The van der Waals surface area contributed by atoms with Gasteiger partial charge in [0.1, 0.15) is 0 Å². The van der Waals surface area contributed by atoms with Gasteiger partial charge >= 0.3 is 0 Å². The van der Waals surface area contributed by atoms with Gasteiger partial charge in [-0.05, 0) is 12.5 Å². The Balaban J connectivity index is 2.32. The van der Waals surface area contributed by atoms with Crippen LogP contribution in [-0.2, 0) is 0 Å². The number of hydrogen-bond donors (Lipinski definition) is 0. The molecule has 0 N–H and O–H groups in total. The van der Waals surface area contributed by atoms with E-state index in [1.807, 2.05) is 0 Å². The molecule has 2 heteroatoms. The van der Waals surface area contributed by atoms with Gasteiger partial charge in [-0.3, -0.25) is 0 Å². The summed E-state index contributed by atoms with van der Waals surface area (Å²) >= 11 is 0. The predicted molar refractivity (Wildman–Crippen MR) is 50.3 cm³/mol. The molecule has 0 aliphatic carbocycles. The predicted octanol–water partition coefficient (Wildman–Crippen LogP) is 3.19. The van der Waals surface area contributed by atoms with Crippen LogP contribution in [0, 0.1) is 11.9 Å². The molecule has 0 saturated heterocycles. The van der Waals surface area contributed by atoms with E-state index in [2.05, 4.69) is 13.0 Å². The number of benzene rings is 1. The monoisotopic (exact) mass is 181 g/mol. The highest BCUT2D eigenvalue weighted by atomic mass is 19.1. The van der Waals surface area contributed by atoms with Gasteiger partial charge in [0.15, 0.2) is 11.6 Å². The maximum Gasteiger partial charge on any atom is 0.172 e. The fourth-order valence-electron chi connectivity index (χ4n) is 1.05. The SMILES string of the molecule is CCCCCOc1ccc[c]c1F. The molecule has 0 bridgehead atoms. The number of ether oxygens (including phenoxy) is 1. The Morgan fingerprint density at radius 3 is 3.00 bits per heavy atom. The Morgan fingerprint density at radius 1 is 1.46 bits per heavy atom. The Bertz CT molecular complexity index is 248. The summed E-state index contributed by atoms with van der Waals surface area (Å²) in [6.07, 6.45) is 3.25. The van der Waals surface area contributed by atoms with E-state index in [4.69, 9.17) is 4.74 Å². The van der Waals surface area contributed by atoms with Gasteiger partial charge in [0.2, 0.25) is 0 Å². The molecule has 0 unspecified atom stereocenters. The van der Waals surface area contributed by atoms with Crippen molar-refractivity contribution >= 4 is 0 Å². The van der Waals surface area contributed by atoms with Crippen LogP contribution in [0.25, 0.3) is 0 Å². The molecule has 0 aliphatic rings. The Kier molecular flexibility index (Phi) is 4.30. The van der Waals surface area contributed by atoms with Crippen LogP contribution in [0.3, 0.4) is 0 Å². The average molecular weight is 181 g/mol. The van der Waals surface area contributed by atoms with Gasteiger partial charge in [0, 0.05) is 6.07 Å². The summed E-state index contributed by atoms with van der Waals surface area (Å²) in [4.78, 5) is 0. The van der Waals surface area contributed by atoms with Crippen LogP contribution in [0.2, 0.25) is 0 Å². The second-order valence-electron chi connectivity index (χ2n) is 2.90. The lowest BCUT2D eigenvalue weighted by Crippen LogP contribution is -1.98. The molecule has 1 nitrogen and oxygen atoms in total. The third kappa shape index (κ3) is 3.45. The van der Waals surface area contributed by atoms with Gasteiger partial charge in [0.05, 0.1) is 6.61 Å². The molecule has 1 rings (SSSR count). The Morgan fingerprint density at radius 2 is 2.31 bits per heavy atom. The molecule has 1 aromatic rings. The largest absolute Gasteiger partial charge is 0.490 e. The zero-order valence-corrected chi connectivity index (χ0v) is 7.85. The number of halogens is 1. The number of hydrogen-bond acceptors (Lipinski definition) is 1. The van der Waals surface area contributed by atoms with E-state index in [9.17, 15) is 4.39 Å². The second-order valence-corrected chi connectivity index (χ2v) is 2.90. The summed E-state index contributed by atoms with van der Waals surface area (Å²) in [5.74, 6) is -0.0994. The van der Waals surface area contributed by atoms with Gasteiger partial charge in [-0.15, -0.1) is 0 Å². The lowest BCUT2D eigenvalue weighted by Gasteiger charge is -2.05. The van der Waals surface area contributed by atoms with Crippen molar-refractivity contribution in [2.45, 2.75) is 26.2 Å². The van der Waals surface area contributed by atoms with Gasteiger partial charge in [-0.25, -0.2) is 4.39 Å².